The number of nitrogens with zero attached hydrogens (tertiary/aromatic N) is 2. The van der Waals surface area contributed by atoms with E-state index < -0.39 is 0 Å². The molecule has 0 saturated carbocycles. The van der Waals surface area contributed by atoms with Crippen LogP contribution < -0.4 is 0 Å². The third kappa shape index (κ3) is 3.59. The van der Waals surface area contributed by atoms with Crippen molar-refractivity contribution in [3.8, 4) is 11.6 Å². The second-order valence-corrected chi connectivity index (χ2v) is 6.29. The van der Waals surface area contributed by atoms with Crippen LogP contribution in [0.25, 0.3) is 11.6 Å². The van der Waals surface area contributed by atoms with Crippen LogP contribution in [0.3, 0.4) is 0 Å². The number of Topliss-reactive ketones (excluding diaryl/α,β-unsaturated/α-hetero) is 1. The van der Waals surface area contributed by atoms with Gasteiger partial charge in [0.15, 0.2) is 5.78 Å². The van der Waals surface area contributed by atoms with Crippen LogP contribution in [-0.2, 0) is 12.8 Å². The average Bonchev–Trinajstić information content (AvgIpc) is 3.30. The number of H-pyrrole nitrogens is 1. The Morgan fingerprint density at radius 3 is 2.79 bits per heavy atom. The lowest BCUT2D eigenvalue weighted by Crippen LogP contribution is -2.07. The molecular weight excluding hydrogens is 322 g/mol. The van der Waals surface area contributed by atoms with Crippen LogP contribution in [0.4, 0.5) is 0 Å². The van der Waals surface area contributed by atoms with E-state index in [0.717, 1.165) is 29.7 Å². The highest BCUT2D eigenvalue weighted by Crippen LogP contribution is 2.23. The molecule has 3 rings (SSSR count). The van der Waals surface area contributed by atoms with Crippen molar-refractivity contribution >= 4 is 17.5 Å². The van der Waals surface area contributed by atoms with E-state index in [2.05, 4.69) is 35.1 Å². The minimum atomic E-state index is 0.0896. The van der Waals surface area contributed by atoms with Crippen LogP contribution in [0.5, 0.6) is 0 Å². The first-order valence-electron chi connectivity index (χ1n) is 7.96. The van der Waals surface area contributed by atoms with Crippen LogP contribution in [0, 0.1) is 0 Å². The van der Waals surface area contributed by atoms with Gasteiger partial charge in [-0.2, -0.15) is 0 Å². The fourth-order valence-electron chi connectivity index (χ4n) is 2.46. The Bertz CT molecular complexity index is 825. The molecule has 0 spiro atoms. The van der Waals surface area contributed by atoms with Gasteiger partial charge in [0.1, 0.15) is 5.69 Å². The maximum absolute atomic E-state index is 12.6. The van der Waals surface area contributed by atoms with Gasteiger partial charge in [-0.3, -0.25) is 4.79 Å². The molecule has 1 aromatic carbocycles. The fourth-order valence-corrected chi connectivity index (χ4v) is 3.10. The number of aromatic nitrogens is 3. The topological polar surface area (TPSA) is 71.8 Å². The molecule has 0 bridgehead atoms. The van der Waals surface area contributed by atoms with E-state index in [1.807, 2.05) is 24.3 Å². The molecule has 0 fully saturated rings. The molecule has 0 atom stereocenters. The number of benzene rings is 1. The maximum atomic E-state index is 12.6. The van der Waals surface area contributed by atoms with Crippen molar-refractivity contribution in [2.24, 2.45) is 0 Å². The maximum Gasteiger partial charge on any atom is 0.277 e. The lowest BCUT2D eigenvalue weighted by Gasteiger charge is -2.08. The molecule has 0 aliphatic carbocycles. The zero-order valence-corrected chi connectivity index (χ0v) is 14.5. The molecule has 2 aromatic heterocycles. The molecule has 6 heteroatoms. The summed E-state index contributed by atoms with van der Waals surface area (Å²) in [5.41, 5.74) is 3.82. The Labute approximate surface area is 144 Å². The van der Waals surface area contributed by atoms with Gasteiger partial charge in [-0.05, 0) is 42.2 Å². The molecular formula is C18H19N3O2S. The lowest BCUT2D eigenvalue weighted by molar-refractivity contribution is 0.102. The largest absolute Gasteiger partial charge is 0.410 e. The van der Waals surface area contributed by atoms with E-state index in [1.54, 1.807) is 6.20 Å². The zero-order chi connectivity index (χ0) is 16.9. The summed E-state index contributed by atoms with van der Waals surface area (Å²) in [7, 11) is 0. The van der Waals surface area contributed by atoms with Crippen LogP contribution in [0.2, 0.25) is 0 Å². The highest BCUT2D eigenvalue weighted by Gasteiger charge is 2.15. The summed E-state index contributed by atoms with van der Waals surface area (Å²) in [5, 5.41) is 8.38. The second kappa shape index (κ2) is 7.49. The number of thioether (sulfide) groups is 1. The number of carbonyl (C=O) groups is 1. The van der Waals surface area contributed by atoms with E-state index in [9.17, 15) is 4.79 Å². The molecule has 24 heavy (non-hydrogen) atoms. The Morgan fingerprint density at radius 1 is 1.21 bits per heavy atom. The predicted octanol–water partition coefficient (Wildman–Crippen LogP) is 4.16. The number of carbonyl (C=O) groups excluding carboxylic acids is 1. The molecule has 0 aliphatic heterocycles. The van der Waals surface area contributed by atoms with Crippen LogP contribution >= 0.6 is 11.8 Å². The minimum absolute atomic E-state index is 0.0896. The minimum Gasteiger partial charge on any atom is -0.410 e. The van der Waals surface area contributed by atoms with Crippen molar-refractivity contribution in [1.29, 1.82) is 0 Å². The third-order valence-electron chi connectivity index (χ3n) is 3.83. The summed E-state index contributed by atoms with van der Waals surface area (Å²) < 4.78 is 5.57. The van der Waals surface area contributed by atoms with Gasteiger partial charge >= 0.3 is 0 Å². The Kier molecular flexibility index (Phi) is 5.15. The summed E-state index contributed by atoms with van der Waals surface area (Å²) in [6.45, 7) is 4.15. The van der Waals surface area contributed by atoms with Crippen molar-refractivity contribution in [2.45, 2.75) is 31.9 Å². The van der Waals surface area contributed by atoms with Crippen molar-refractivity contribution in [3.63, 3.8) is 0 Å². The number of aromatic amines is 1. The van der Waals surface area contributed by atoms with Gasteiger partial charge in [-0.1, -0.05) is 37.7 Å². The number of rotatable bonds is 7. The van der Waals surface area contributed by atoms with Crippen molar-refractivity contribution < 1.29 is 9.21 Å². The number of hydrogen-bond donors (Lipinski definition) is 1. The summed E-state index contributed by atoms with van der Waals surface area (Å²) in [5.74, 6) is 0.802. The van der Waals surface area contributed by atoms with Crippen molar-refractivity contribution in [2.75, 3.05) is 5.75 Å². The van der Waals surface area contributed by atoms with E-state index >= 15 is 0 Å². The molecule has 0 amide bonds. The van der Waals surface area contributed by atoms with Gasteiger partial charge in [0.25, 0.3) is 11.1 Å². The van der Waals surface area contributed by atoms with Gasteiger partial charge in [-0.25, -0.2) is 0 Å². The molecule has 0 saturated heterocycles. The SMILES string of the molecule is CCc1ccc(CC)c(C(=O)CSc2nnc(-c3ccc[nH]3)o2)c1. The summed E-state index contributed by atoms with van der Waals surface area (Å²) in [4.78, 5) is 15.6. The number of nitrogens with one attached hydrogen (secondary N) is 1. The Balaban J connectivity index is 1.70. The van der Waals surface area contributed by atoms with E-state index in [-0.39, 0.29) is 11.5 Å². The number of aryl methyl sites for hydroxylation is 2. The molecule has 2 heterocycles. The molecule has 3 aromatic rings. The quantitative estimate of drug-likeness (QED) is 0.516. The van der Waals surface area contributed by atoms with E-state index in [0.29, 0.717) is 11.1 Å². The van der Waals surface area contributed by atoms with Crippen molar-refractivity contribution in [1.82, 2.24) is 15.2 Å². The van der Waals surface area contributed by atoms with E-state index in [1.165, 1.54) is 17.3 Å². The highest BCUT2D eigenvalue weighted by molar-refractivity contribution is 7.99. The molecule has 124 valence electrons. The van der Waals surface area contributed by atoms with E-state index in [4.69, 9.17) is 4.42 Å². The molecule has 0 aliphatic rings. The molecule has 0 radical (unpaired) electrons. The second-order valence-electron chi connectivity index (χ2n) is 5.37. The first-order valence-corrected chi connectivity index (χ1v) is 8.94. The predicted molar refractivity (Wildman–Crippen MR) is 94.3 cm³/mol. The highest BCUT2D eigenvalue weighted by atomic mass is 32.2. The van der Waals surface area contributed by atoms with Gasteiger partial charge in [-0.15, -0.1) is 10.2 Å². The number of ketones is 1. The Morgan fingerprint density at radius 2 is 2.08 bits per heavy atom. The zero-order valence-electron chi connectivity index (χ0n) is 13.7. The normalized spacial score (nSPS) is 10.9. The summed E-state index contributed by atoms with van der Waals surface area (Å²) in [6.07, 6.45) is 3.55. The first-order chi connectivity index (χ1) is 11.7. The first kappa shape index (κ1) is 16.5. The average molecular weight is 341 g/mol. The lowest BCUT2D eigenvalue weighted by atomic mass is 9.98. The monoisotopic (exact) mass is 341 g/mol. The summed E-state index contributed by atoms with van der Waals surface area (Å²) in [6, 6.07) is 9.86. The smallest absolute Gasteiger partial charge is 0.277 e. The van der Waals surface area contributed by atoms with Gasteiger partial charge in [0, 0.05) is 11.8 Å². The third-order valence-corrected chi connectivity index (χ3v) is 4.64. The fraction of sp³-hybridized carbons (Fsp3) is 0.278. The molecule has 0 unspecified atom stereocenters. The summed E-state index contributed by atoms with van der Waals surface area (Å²) >= 11 is 1.27. The van der Waals surface area contributed by atoms with Gasteiger partial charge in [0.05, 0.1) is 5.75 Å². The van der Waals surface area contributed by atoms with Crippen LogP contribution in [0.15, 0.2) is 46.2 Å². The molecule has 5 nitrogen and oxygen atoms in total. The number of hydrogen-bond acceptors (Lipinski definition) is 5. The van der Waals surface area contributed by atoms with Crippen molar-refractivity contribution in [3.05, 3.63) is 53.2 Å². The van der Waals surface area contributed by atoms with Gasteiger partial charge in [0.2, 0.25) is 0 Å². The van der Waals surface area contributed by atoms with Crippen LogP contribution in [-0.4, -0.2) is 26.7 Å². The Hall–Kier alpha value is -2.34. The molecule has 1 N–H and O–H groups in total. The standard InChI is InChI=1S/C18H19N3O2S/c1-3-12-7-8-13(4-2)14(10-12)16(22)11-24-18-21-20-17(23-18)15-6-5-9-19-15/h5-10,19H,3-4,11H2,1-2H3. The van der Waals surface area contributed by atoms with Crippen LogP contribution in [0.1, 0.15) is 35.3 Å². The van der Waals surface area contributed by atoms with Gasteiger partial charge < -0.3 is 9.40 Å².